The third-order valence-electron chi connectivity index (χ3n) is 4.18. The van der Waals surface area contributed by atoms with Crippen LogP contribution in [-0.2, 0) is 4.79 Å². The summed E-state index contributed by atoms with van der Waals surface area (Å²) in [5.41, 5.74) is 2.32. The smallest absolute Gasteiger partial charge is 0.270 e. The number of benzene rings is 2. The summed E-state index contributed by atoms with van der Waals surface area (Å²) in [6.07, 6.45) is 1.67. The van der Waals surface area contributed by atoms with E-state index in [0.717, 1.165) is 16.1 Å². The number of nitrogens with zero attached hydrogens (tertiary/aromatic N) is 1. The molecule has 0 radical (unpaired) electrons. The number of aryl methyl sites for hydroxylation is 1. The Balaban J connectivity index is 1.66. The zero-order valence-electron chi connectivity index (χ0n) is 14.3. The lowest BCUT2D eigenvalue weighted by Crippen LogP contribution is -2.16. The minimum atomic E-state index is -0.435. The normalized spacial score (nSPS) is 14.7. The molecule has 2 heterocycles. The first-order valence-electron chi connectivity index (χ1n) is 8.16. The minimum Gasteiger partial charge on any atom is -0.457 e. The molecule has 0 saturated carbocycles. The third kappa shape index (κ3) is 3.37. The van der Waals surface area contributed by atoms with Crippen LogP contribution in [0.25, 0.3) is 17.4 Å². The number of hydrogen-bond donors (Lipinski definition) is 1. The minimum absolute atomic E-state index is 0.00530. The Morgan fingerprint density at radius 1 is 1.15 bits per heavy atom. The summed E-state index contributed by atoms with van der Waals surface area (Å²) < 4.78 is 5.83. The van der Waals surface area contributed by atoms with Crippen LogP contribution in [0.4, 0.5) is 11.4 Å². The van der Waals surface area contributed by atoms with Crippen molar-refractivity contribution in [2.24, 2.45) is 0 Å². The molecule has 0 bridgehead atoms. The molecular weight excluding hydrogens is 364 g/mol. The molecule has 0 saturated heterocycles. The van der Waals surface area contributed by atoms with Crippen molar-refractivity contribution in [1.29, 1.82) is 0 Å². The number of carbonyl (C=O) groups excluding carboxylic acids is 1. The van der Waals surface area contributed by atoms with Crippen LogP contribution in [0.2, 0.25) is 0 Å². The molecule has 0 unspecified atom stereocenters. The Bertz CT molecular complexity index is 1100. The Morgan fingerprint density at radius 2 is 1.96 bits per heavy atom. The second-order valence-corrected chi connectivity index (χ2v) is 7.10. The maximum atomic E-state index is 12.3. The Labute approximate surface area is 159 Å². The number of anilines is 1. The summed E-state index contributed by atoms with van der Waals surface area (Å²) in [4.78, 5) is 24.4. The topological polar surface area (TPSA) is 85.4 Å². The summed E-state index contributed by atoms with van der Waals surface area (Å²) in [5, 5.41) is 13.9. The molecule has 3 aromatic rings. The number of rotatable bonds is 3. The first-order valence-corrected chi connectivity index (χ1v) is 8.98. The monoisotopic (exact) mass is 378 g/mol. The van der Waals surface area contributed by atoms with E-state index in [4.69, 9.17) is 4.42 Å². The average Bonchev–Trinajstić information content (AvgIpc) is 3.11. The van der Waals surface area contributed by atoms with E-state index in [2.05, 4.69) is 5.32 Å². The molecule has 0 aliphatic carbocycles. The fourth-order valence-electron chi connectivity index (χ4n) is 2.80. The van der Waals surface area contributed by atoms with Gasteiger partial charge in [-0.2, -0.15) is 0 Å². The van der Waals surface area contributed by atoms with Gasteiger partial charge in [-0.1, -0.05) is 30.0 Å². The molecule has 134 valence electrons. The van der Waals surface area contributed by atoms with Crippen LogP contribution in [0.5, 0.6) is 0 Å². The van der Waals surface area contributed by atoms with E-state index in [1.807, 2.05) is 31.2 Å². The number of nitrogens with one attached hydrogen (secondary N) is 1. The number of thioether (sulfide) groups is 1. The van der Waals surface area contributed by atoms with Crippen molar-refractivity contribution >= 4 is 35.1 Å². The van der Waals surface area contributed by atoms with Crippen LogP contribution in [-0.4, -0.2) is 10.8 Å². The Morgan fingerprint density at radius 3 is 2.78 bits per heavy atom. The fraction of sp³-hybridized carbons (Fsp3) is 0.0500. The molecule has 1 aliphatic heterocycles. The molecule has 0 atom stereocenters. The van der Waals surface area contributed by atoms with E-state index in [9.17, 15) is 14.9 Å². The van der Waals surface area contributed by atoms with Crippen molar-refractivity contribution in [3.05, 3.63) is 80.9 Å². The average molecular weight is 378 g/mol. The van der Waals surface area contributed by atoms with Crippen LogP contribution in [0, 0.1) is 17.0 Å². The van der Waals surface area contributed by atoms with Gasteiger partial charge in [-0.25, -0.2) is 0 Å². The van der Waals surface area contributed by atoms with Gasteiger partial charge in [0.2, 0.25) is 0 Å². The van der Waals surface area contributed by atoms with Gasteiger partial charge < -0.3 is 9.73 Å². The van der Waals surface area contributed by atoms with E-state index in [1.165, 1.54) is 23.9 Å². The van der Waals surface area contributed by atoms with E-state index in [0.29, 0.717) is 22.0 Å². The SMILES string of the molecule is Cc1ccc([N+](=O)[O-])cc1-c1ccc(/C=C2\Sc3ccccc3NC2=O)o1. The lowest BCUT2D eigenvalue weighted by molar-refractivity contribution is -0.384. The van der Waals surface area contributed by atoms with E-state index >= 15 is 0 Å². The van der Waals surface area contributed by atoms with Crippen LogP contribution in [0.3, 0.4) is 0 Å². The number of furan rings is 1. The predicted octanol–water partition coefficient (Wildman–Crippen LogP) is 5.25. The first-order chi connectivity index (χ1) is 13.0. The van der Waals surface area contributed by atoms with E-state index in [1.54, 1.807) is 24.3 Å². The van der Waals surface area contributed by atoms with Crippen LogP contribution < -0.4 is 5.32 Å². The van der Waals surface area contributed by atoms with Crippen molar-refractivity contribution in [3.8, 4) is 11.3 Å². The molecule has 7 heteroatoms. The highest BCUT2D eigenvalue weighted by Crippen LogP contribution is 2.39. The predicted molar refractivity (Wildman–Crippen MR) is 104 cm³/mol. The summed E-state index contributed by atoms with van der Waals surface area (Å²) >= 11 is 1.37. The van der Waals surface area contributed by atoms with Gasteiger partial charge in [0.15, 0.2) is 0 Å². The molecule has 1 amide bonds. The fourth-order valence-corrected chi connectivity index (χ4v) is 3.73. The molecular formula is C20H14N2O4S. The maximum Gasteiger partial charge on any atom is 0.270 e. The van der Waals surface area contributed by atoms with Gasteiger partial charge in [-0.15, -0.1) is 0 Å². The van der Waals surface area contributed by atoms with Crippen LogP contribution in [0.15, 0.2) is 68.8 Å². The van der Waals surface area contributed by atoms with Gasteiger partial charge in [-0.3, -0.25) is 14.9 Å². The highest BCUT2D eigenvalue weighted by Gasteiger charge is 2.21. The zero-order valence-corrected chi connectivity index (χ0v) is 15.1. The molecule has 1 aliphatic rings. The second kappa shape index (κ2) is 6.77. The van der Waals surface area contributed by atoms with Gasteiger partial charge in [0.1, 0.15) is 11.5 Å². The maximum absolute atomic E-state index is 12.3. The van der Waals surface area contributed by atoms with Gasteiger partial charge >= 0.3 is 0 Å². The molecule has 0 fully saturated rings. The number of para-hydroxylation sites is 1. The number of nitro groups is 1. The lowest BCUT2D eigenvalue weighted by atomic mass is 10.1. The summed E-state index contributed by atoms with van der Waals surface area (Å²) in [6.45, 7) is 1.86. The molecule has 0 spiro atoms. The summed E-state index contributed by atoms with van der Waals surface area (Å²) in [5.74, 6) is 0.834. The summed E-state index contributed by atoms with van der Waals surface area (Å²) in [6, 6.07) is 15.7. The number of non-ortho nitro benzene ring substituents is 1. The first kappa shape index (κ1) is 17.1. The molecule has 6 nitrogen and oxygen atoms in total. The van der Waals surface area contributed by atoms with Gasteiger partial charge in [0, 0.05) is 28.7 Å². The van der Waals surface area contributed by atoms with Crippen molar-refractivity contribution < 1.29 is 14.1 Å². The number of nitro benzene ring substituents is 1. The summed E-state index contributed by atoms with van der Waals surface area (Å²) in [7, 11) is 0. The highest BCUT2D eigenvalue weighted by molar-refractivity contribution is 8.04. The number of fused-ring (bicyclic) bond motifs is 1. The molecule has 27 heavy (non-hydrogen) atoms. The molecule has 1 aromatic heterocycles. The standard InChI is InChI=1S/C20H14N2O4S/c1-12-6-7-13(22(24)25)10-15(12)17-9-8-14(26-17)11-19-20(23)21-16-4-2-3-5-18(16)27-19/h2-11H,1H3,(H,21,23)/b19-11-. The van der Waals surface area contributed by atoms with Gasteiger partial charge in [0.25, 0.3) is 11.6 Å². The van der Waals surface area contributed by atoms with E-state index < -0.39 is 4.92 Å². The number of carbonyl (C=O) groups is 1. The van der Waals surface area contributed by atoms with Crippen molar-refractivity contribution in [2.75, 3.05) is 5.32 Å². The highest BCUT2D eigenvalue weighted by atomic mass is 32.2. The van der Waals surface area contributed by atoms with Crippen LogP contribution in [0.1, 0.15) is 11.3 Å². The molecule has 4 rings (SSSR count). The number of amides is 1. The van der Waals surface area contributed by atoms with E-state index in [-0.39, 0.29) is 11.6 Å². The van der Waals surface area contributed by atoms with Gasteiger partial charge in [-0.05, 0) is 36.8 Å². The molecule has 2 aromatic carbocycles. The van der Waals surface area contributed by atoms with Crippen LogP contribution >= 0.6 is 11.8 Å². The van der Waals surface area contributed by atoms with Gasteiger partial charge in [0.05, 0.1) is 15.5 Å². The van der Waals surface area contributed by atoms with Crippen molar-refractivity contribution in [2.45, 2.75) is 11.8 Å². The lowest BCUT2D eigenvalue weighted by Gasteiger charge is -2.17. The third-order valence-corrected chi connectivity index (χ3v) is 5.28. The Kier molecular flexibility index (Phi) is 4.29. The Hall–Kier alpha value is -3.32. The zero-order chi connectivity index (χ0) is 19.0. The second-order valence-electron chi connectivity index (χ2n) is 6.02. The van der Waals surface area contributed by atoms with Crippen molar-refractivity contribution in [1.82, 2.24) is 0 Å². The quantitative estimate of drug-likeness (QED) is 0.382. The molecule has 1 N–H and O–H groups in total. The largest absolute Gasteiger partial charge is 0.457 e. The van der Waals surface area contributed by atoms with Crippen molar-refractivity contribution in [3.63, 3.8) is 0 Å². The number of hydrogen-bond acceptors (Lipinski definition) is 5.